The van der Waals surface area contributed by atoms with E-state index in [1.165, 1.54) is 0 Å². The molecular formula is C15H15N3O. The molecular weight excluding hydrogens is 238 g/mol. The number of pyridine rings is 1. The van der Waals surface area contributed by atoms with E-state index >= 15 is 0 Å². The van der Waals surface area contributed by atoms with Crippen LogP contribution in [0, 0.1) is 11.3 Å². The zero-order chi connectivity index (χ0) is 13.5. The van der Waals surface area contributed by atoms with Gasteiger partial charge in [0.2, 0.25) is 0 Å². The van der Waals surface area contributed by atoms with Crippen molar-refractivity contribution < 1.29 is 4.74 Å². The molecule has 0 fully saturated rings. The predicted octanol–water partition coefficient (Wildman–Crippen LogP) is 2.89. The van der Waals surface area contributed by atoms with Gasteiger partial charge in [0.25, 0.3) is 0 Å². The number of benzene rings is 1. The molecule has 0 aliphatic heterocycles. The van der Waals surface area contributed by atoms with Gasteiger partial charge in [-0.15, -0.1) is 0 Å². The molecule has 4 heteroatoms. The Labute approximate surface area is 112 Å². The van der Waals surface area contributed by atoms with Crippen molar-refractivity contribution in [2.75, 3.05) is 19.0 Å². The summed E-state index contributed by atoms with van der Waals surface area (Å²) < 4.78 is 5.10. The molecule has 0 bridgehead atoms. The van der Waals surface area contributed by atoms with E-state index in [4.69, 9.17) is 10.00 Å². The summed E-state index contributed by atoms with van der Waals surface area (Å²) in [6.07, 6.45) is 2.48. The van der Waals surface area contributed by atoms with E-state index in [0.717, 1.165) is 17.7 Å². The highest BCUT2D eigenvalue weighted by Crippen LogP contribution is 2.22. The molecule has 0 aliphatic rings. The lowest BCUT2D eigenvalue weighted by Gasteiger charge is -2.11. The van der Waals surface area contributed by atoms with Crippen molar-refractivity contribution in [1.29, 1.82) is 5.26 Å². The van der Waals surface area contributed by atoms with Crippen LogP contribution < -0.4 is 5.32 Å². The fraction of sp³-hybridized carbons (Fsp3) is 0.200. The maximum absolute atomic E-state index is 9.06. The second kappa shape index (κ2) is 6.53. The van der Waals surface area contributed by atoms with Gasteiger partial charge in [0, 0.05) is 19.0 Å². The number of rotatable bonds is 5. The van der Waals surface area contributed by atoms with Crippen LogP contribution in [0.2, 0.25) is 0 Å². The highest BCUT2D eigenvalue weighted by atomic mass is 16.5. The first-order valence-corrected chi connectivity index (χ1v) is 6.04. The summed E-state index contributed by atoms with van der Waals surface area (Å²) in [6.45, 7) is 0.659. The monoisotopic (exact) mass is 253 g/mol. The molecule has 1 aromatic heterocycles. The highest BCUT2D eigenvalue weighted by molar-refractivity contribution is 5.65. The Morgan fingerprint density at radius 1 is 1.26 bits per heavy atom. The van der Waals surface area contributed by atoms with Gasteiger partial charge in [-0.3, -0.25) is 0 Å². The number of ether oxygens (including phenoxy) is 1. The average molecular weight is 253 g/mol. The second-order valence-corrected chi connectivity index (χ2v) is 4.04. The standard InChI is InChI=1S/C15H15N3O/c1-19-10-8-12-5-2-3-7-14(12)18-15-13(11-16)6-4-9-17-15/h2-7,9H,8,10H2,1H3,(H,17,18). The van der Waals surface area contributed by atoms with E-state index < -0.39 is 0 Å². The van der Waals surface area contributed by atoms with Gasteiger partial charge in [-0.25, -0.2) is 4.98 Å². The summed E-state index contributed by atoms with van der Waals surface area (Å²) in [7, 11) is 1.68. The Balaban J connectivity index is 2.26. The number of methoxy groups -OCH3 is 1. The number of nitriles is 1. The van der Waals surface area contributed by atoms with Gasteiger partial charge >= 0.3 is 0 Å². The van der Waals surface area contributed by atoms with Gasteiger partial charge in [-0.1, -0.05) is 18.2 Å². The number of hydrogen-bond acceptors (Lipinski definition) is 4. The quantitative estimate of drug-likeness (QED) is 0.890. The summed E-state index contributed by atoms with van der Waals surface area (Å²) in [5, 5.41) is 12.3. The fourth-order valence-electron chi connectivity index (χ4n) is 1.79. The number of hydrogen-bond donors (Lipinski definition) is 1. The maximum atomic E-state index is 9.06. The maximum Gasteiger partial charge on any atom is 0.148 e. The molecule has 0 saturated carbocycles. The predicted molar refractivity (Wildman–Crippen MR) is 74.3 cm³/mol. The molecule has 1 aromatic carbocycles. The Hall–Kier alpha value is -2.38. The van der Waals surface area contributed by atoms with Crippen molar-refractivity contribution in [3.05, 3.63) is 53.7 Å². The minimum absolute atomic E-state index is 0.532. The topological polar surface area (TPSA) is 57.9 Å². The van der Waals surface area contributed by atoms with Crippen molar-refractivity contribution in [2.45, 2.75) is 6.42 Å². The Morgan fingerprint density at radius 3 is 2.89 bits per heavy atom. The van der Waals surface area contributed by atoms with E-state index in [0.29, 0.717) is 18.0 Å². The van der Waals surface area contributed by atoms with E-state index in [1.807, 2.05) is 24.3 Å². The van der Waals surface area contributed by atoms with Gasteiger partial charge in [0.05, 0.1) is 12.2 Å². The van der Waals surface area contributed by atoms with E-state index in [-0.39, 0.29) is 0 Å². The third kappa shape index (κ3) is 3.30. The first-order valence-electron chi connectivity index (χ1n) is 6.04. The molecule has 0 saturated heterocycles. The van der Waals surface area contributed by atoms with E-state index in [9.17, 15) is 0 Å². The Bertz CT molecular complexity index is 590. The smallest absolute Gasteiger partial charge is 0.148 e. The zero-order valence-corrected chi connectivity index (χ0v) is 10.8. The number of aromatic nitrogens is 1. The van der Waals surface area contributed by atoms with Crippen molar-refractivity contribution in [2.24, 2.45) is 0 Å². The highest BCUT2D eigenvalue weighted by Gasteiger charge is 2.06. The van der Waals surface area contributed by atoms with Gasteiger partial charge in [0.1, 0.15) is 11.9 Å². The van der Waals surface area contributed by atoms with Crippen LogP contribution in [-0.2, 0) is 11.2 Å². The summed E-state index contributed by atoms with van der Waals surface area (Å²) in [6, 6.07) is 13.6. The lowest BCUT2D eigenvalue weighted by molar-refractivity contribution is 0.202. The number of nitrogens with one attached hydrogen (secondary N) is 1. The van der Waals surface area contributed by atoms with Crippen molar-refractivity contribution in [1.82, 2.24) is 4.98 Å². The SMILES string of the molecule is COCCc1ccccc1Nc1ncccc1C#N. The van der Waals surface area contributed by atoms with E-state index in [2.05, 4.69) is 16.4 Å². The van der Waals surface area contributed by atoms with Crippen molar-refractivity contribution >= 4 is 11.5 Å². The van der Waals surface area contributed by atoms with Gasteiger partial charge in [0.15, 0.2) is 0 Å². The molecule has 0 amide bonds. The number of anilines is 2. The molecule has 0 aliphatic carbocycles. The minimum atomic E-state index is 0.532. The van der Waals surface area contributed by atoms with Gasteiger partial charge < -0.3 is 10.1 Å². The Kier molecular flexibility index (Phi) is 4.49. The summed E-state index contributed by atoms with van der Waals surface area (Å²) >= 11 is 0. The molecule has 4 nitrogen and oxygen atoms in total. The zero-order valence-electron chi connectivity index (χ0n) is 10.8. The van der Waals surface area contributed by atoms with Crippen LogP contribution in [0.15, 0.2) is 42.6 Å². The normalized spacial score (nSPS) is 9.89. The lowest BCUT2D eigenvalue weighted by atomic mass is 10.1. The minimum Gasteiger partial charge on any atom is -0.384 e. The molecule has 1 heterocycles. The fourth-order valence-corrected chi connectivity index (χ4v) is 1.79. The molecule has 96 valence electrons. The second-order valence-electron chi connectivity index (χ2n) is 4.04. The first kappa shape index (κ1) is 13.1. The third-order valence-corrected chi connectivity index (χ3v) is 2.77. The number of nitrogens with zero attached hydrogens (tertiary/aromatic N) is 2. The summed E-state index contributed by atoms with van der Waals surface area (Å²) in [5.41, 5.74) is 2.62. The van der Waals surface area contributed by atoms with E-state index in [1.54, 1.807) is 25.4 Å². The largest absolute Gasteiger partial charge is 0.384 e. The van der Waals surface area contributed by atoms with Crippen LogP contribution in [0.25, 0.3) is 0 Å². The number of para-hydroxylation sites is 1. The van der Waals surface area contributed by atoms with Crippen molar-refractivity contribution in [3.8, 4) is 6.07 Å². The molecule has 1 N–H and O–H groups in total. The van der Waals surface area contributed by atoms with Crippen LogP contribution in [-0.4, -0.2) is 18.7 Å². The molecule has 0 unspecified atom stereocenters. The average Bonchev–Trinajstić information content (AvgIpc) is 2.47. The molecule has 0 atom stereocenters. The van der Waals surface area contributed by atoms with Crippen LogP contribution in [0.3, 0.4) is 0 Å². The Morgan fingerprint density at radius 2 is 2.11 bits per heavy atom. The van der Waals surface area contributed by atoms with Gasteiger partial charge in [-0.05, 0) is 30.2 Å². The summed E-state index contributed by atoms with van der Waals surface area (Å²) in [4.78, 5) is 4.20. The lowest BCUT2D eigenvalue weighted by Crippen LogP contribution is -2.02. The molecule has 19 heavy (non-hydrogen) atoms. The molecule has 2 rings (SSSR count). The summed E-state index contributed by atoms with van der Waals surface area (Å²) in [5.74, 6) is 0.579. The third-order valence-electron chi connectivity index (χ3n) is 2.77. The van der Waals surface area contributed by atoms with Crippen LogP contribution in [0.1, 0.15) is 11.1 Å². The van der Waals surface area contributed by atoms with Crippen LogP contribution in [0.4, 0.5) is 11.5 Å². The molecule has 0 radical (unpaired) electrons. The molecule has 0 spiro atoms. The van der Waals surface area contributed by atoms with Crippen LogP contribution in [0.5, 0.6) is 0 Å². The van der Waals surface area contributed by atoms with Crippen LogP contribution >= 0.6 is 0 Å². The van der Waals surface area contributed by atoms with Crippen molar-refractivity contribution in [3.63, 3.8) is 0 Å². The molecule has 2 aromatic rings. The van der Waals surface area contributed by atoms with Gasteiger partial charge in [-0.2, -0.15) is 5.26 Å². The first-order chi connectivity index (χ1) is 9.35.